The van der Waals surface area contributed by atoms with Crippen molar-refractivity contribution in [1.29, 1.82) is 0 Å². The Morgan fingerprint density at radius 3 is 2.71 bits per heavy atom. The monoisotopic (exact) mass is 231 g/mol. The number of thiol groups is 1. The van der Waals surface area contributed by atoms with Crippen molar-refractivity contribution in [2.24, 2.45) is 0 Å². The maximum absolute atomic E-state index is 6.09. The summed E-state index contributed by atoms with van der Waals surface area (Å²) in [4.78, 5) is 2.06. The normalized spacial score (nSPS) is 10.0. The van der Waals surface area contributed by atoms with Crippen molar-refractivity contribution >= 4 is 29.9 Å². The van der Waals surface area contributed by atoms with Gasteiger partial charge in [0.1, 0.15) is 5.75 Å². The third kappa shape index (κ3) is 2.72. The van der Waals surface area contributed by atoms with Gasteiger partial charge in [0, 0.05) is 25.4 Å². The Kier molecular flexibility index (Phi) is 4.42. The highest BCUT2D eigenvalue weighted by Crippen LogP contribution is 2.28. The molecule has 2 nitrogen and oxygen atoms in total. The molecule has 0 atom stereocenters. The van der Waals surface area contributed by atoms with Crippen LogP contribution in [-0.4, -0.2) is 26.5 Å². The van der Waals surface area contributed by atoms with Crippen LogP contribution in [0.4, 0.5) is 5.69 Å². The van der Waals surface area contributed by atoms with E-state index >= 15 is 0 Å². The van der Waals surface area contributed by atoms with Gasteiger partial charge in [-0.2, -0.15) is 12.6 Å². The first-order chi connectivity index (χ1) is 6.69. The number of methoxy groups -OCH3 is 1. The van der Waals surface area contributed by atoms with Gasteiger partial charge in [-0.25, -0.2) is 0 Å². The number of ether oxygens (including phenoxy) is 1. The Labute approximate surface area is 95.2 Å². The minimum atomic E-state index is 0.702. The summed E-state index contributed by atoms with van der Waals surface area (Å²) >= 11 is 10.3. The number of benzene rings is 1. The van der Waals surface area contributed by atoms with Crippen molar-refractivity contribution in [1.82, 2.24) is 0 Å². The molecule has 0 heterocycles. The van der Waals surface area contributed by atoms with E-state index in [4.69, 9.17) is 16.3 Å². The number of anilines is 1. The molecule has 0 aliphatic rings. The van der Waals surface area contributed by atoms with E-state index in [1.165, 1.54) is 0 Å². The molecule has 0 N–H and O–H groups in total. The summed E-state index contributed by atoms with van der Waals surface area (Å²) in [6.45, 7) is 0.870. The van der Waals surface area contributed by atoms with Gasteiger partial charge in [0.25, 0.3) is 0 Å². The summed E-state index contributed by atoms with van der Waals surface area (Å²) in [6.07, 6.45) is 0. The summed E-state index contributed by atoms with van der Waals surface area (Å²) in [7, 11) is 3.62. The van der Waals surface area contributed by atoms with Crippen LogP contribution >= 0.6 is 24.2 Å². The van der Waals surface area contributed by atoms with Crippen LogP contribution < -0.4 is 9.64 Å². The lowest BCUT2D eigenvalue weighted by Crippen LogP contribution is -2.19. The van der Waals surface area contributed by atoms with Crippen LogP contribution in [0.25, 0.3) is 0 Å². The summed E-state index contributed by atoms with van der Waals surface area (Å²) < 4.78 is 5.07. The first kappa shape index (κ1) is 11.5. The van der Waals surface area contributed by atoms with Crippen LogP contribution in [0.15, 0.2) is 18.2 Å². The van der Waals surface area contributed by atoms with Gasteiger partial charge in [-0.1, -0.05) is 11.6 Å². The fraction of sp³-hybridized carbons (Fsp3) is 0.400. The van der Waals surface area contributed by atoms with Gasteiger partial charge in [0.05, 0.1) is 17.8 Å². The van der Waals surface area contributed by atoms with E-state index in [0.29, 0.717) is 5.02 Å². The summed E-state index contributed by atoms with van der Waals surface area (Å²) in [5.41, 5.74) is 1.00. The number of halogens is 1. The van der Waals surface area contributed by atoms with Crippen LogP contribution in [0.1, 0.15) is 0 Å². The van der Waals surface area contributed by atoms with Crippen molar-refractivity contribution in [2.75, 3.05) is 31.4 Å². The molecule has 0 fully saturated rings. The van der Waals surface area contributed by atoms with Gasteiger partial charge in [-0.05, 0) is 12.1 Å². The van der Waals surface area contributed by atoms with Crippen LogP contribution in [0.2, 0.25) is 5.02 Å². The van der Waals surface area contributed by atoms with Gasteiger partial charge in [-0.3, -0.25) is 0 Å². The smallest absolute Gasteiger partial charge is 0.120 e. The quantitative estimate of drug-likeness (QED) is 0.801. The predicted molar refractivity (Wildman–Crippen MR) is 65.1 cm³/mol. The summed E-state index contributed by atoms with van der Waals surface area (Å²) in [5, 5.41) is 0.702. The Balaban J connectivity index is 2.88. The zero-order valence-electron chi connectivity index (χ0n) is 8.33. The van der Waals surface area contributed by atoms with Gasteiger partial charge in [0.2, 0.25) is 0 Å². The van der Waals surface area contributed by atoms with Gasteiger partial charge < -0.3 is 9.64 Å². The average molecular weight is 232 g/mol. The highest BCUT2D eigenvalue weighted by atomic mass is 35.5. The Morgan fingerprint density at radius 1 is 1.50 bits per heavy atom. The van der Waals surface area contributed by atoms with Crippen molar-refractivity contribution in [3.05, 3.63) is 23.2 Å². The minimum Gasteiger partial charge on any atom is -0.497 e. The van der Waals surface area contributed by atoms with Crippen molar-refractivity contribution in [2.45, 2.75) is 0 Å². The summed E-state index contributed by atoms with van der Waals surface area (Å²) in [5.74, 6) is 1.58. The molecule has 1 rings (SSSR count). The molecule has 1 aromatic rings. The lowest BCUT2D eigenvalue weighted by Gasteiger charge is -2.19. The van der Waals surface area contributed by atoms with Crippen LogP contribution in [0, 0.1) is 0 Å². The maximum Gasteiger partial charge on any atom is 0.120 e. The molecule has 14 heavy (non-hydrogen) atoms. The second kappa shape index (κ2) is 5.37. The molecule has 0 spiro atoms. The maximum atomic E-state index is 6.09. The van der Waals surface area contributed by atoms with Crippen molar-refractivity contribution in [3.63, 3.8) is 0 Å². The average Bonchev–Trinajstić information content (AvgIpc) is 2.17. The van der Waals surface area contributed by atoms with Crippen molar-refractivity contribution in [3.8, 4) is 5.75 Å². The van der Waals surface area contributed by atoms with Crippen LogP contribution in [0.3, 0.4) is 0 Å². The molecule has 0 aromatic heterocycles. The Bertz CT molecular complexity index is 306. The largest absolute Gasteiger partial charge is 0.497 e. The molecule has 0 unspecified atom stereocenters. The van der Waals surface area contributed by atoms with E-state index in [-0.39, 0.29) is 0 Å². The third-order valence-electron chi connectivity index (χ3n) is 2.00. The predicted octanol–water partition coefficient (Wildman–Crippen LogP) is 2.71. The molecule has 0 amide bonds. The van der Waals surface area contributed by atoms with E-state index < -0.39 is 0 Å². The topological polar surface area (TPSA) is 12.5 Å². The summed E-state index contributed by atoms with van der Waals surface area (Å²) in [6, 6.07) is 5.66. The van der Waals surface area contributed by atoms with E-state index in [9.17, 15) is 0 Å². The SMILES string of the molecule is COc1ccc(N(C)CCS)c(Cl)c1. The first-order valence-electron chi connectivity index (χ1n) is 4.34. The van der Waals surface area contributed by atoms with E-state index in [2.05, 4.69) is 17.5 Å². The zero-order chi connectivity index (χ0) is 10.6. The second-order valence-electron chi connectivity index (χ2n) is 2.96. The fourth-order valence-electron chi connectivity index (χ4n) is 1.19. The standard InChI is InChI=1S/C10H14ClNOS/c1-12(5-6-14)10-4-3-8(13-2)7-9(10)11/h3-4,7,14H,5-6H2,1-2H3. The Hall–Kier alpha value is -0.540. The van der Waals surface area contributed by atoms with Crippen LogP contribution in [0.5, 0.6) is 5.75 Å². The van der Waals surface area contributed by atoms with Crippen molar-refractivity contribution < 1.29 is 4.74 Å². The molecule has 0 radical (unpaired) electrons. The lowest BCUT2D eigenvalue weighted by atomic mass is 10.3. The highest BCUT2D eigenvalue weighted by Gasteiger charge is 2.05. The number of hydrogen-bond donors (Lipinski definition) is 1. The highest BCUT2D eigenvalue weighted by molar-refractivity contribution is 7.80. The van der Waals surface area contributed by atoms with Crippen LogP contribution in [-0.2, 0) is 0 Å². The molecule has 4 heteroatoms. The number of hydrogen-bond acceptors (Lipinski definition) is 3. The molecule has 0 aliphatic heterocycles. The first-order valence-corrected chi connectivity index (χ1v) is 5.35. The molecule has 0 bridgehead atoms. The van der Waals surface area contributed by atoms with E-state index in [1.807, 2.05) is 25.2 Å². The molecular weight excluding hydrogens is 218 g/mol. The lowest BCUT2D eigenvalue weighted by molar-refractivity contribution is 0.415. The third-order valence-corrected chi connectivity index (χ3v) is 2.50. The molecule has 0 saturated carbocycles. The van der Waals surface area contributed by atoms with E-state index in [0.717, 1.165) is 23.7 Å². The molecule has 1 aromatic carbocycles. The molecule has 0 saturated heterocycles. The number of nitrogens with zero attached hydrogens (tertiary/aromatic N) is 1. The Morgan fingerprint density at radius 2 is 2.21 bits per heavy atom. The van der Waals surface area contributed by atoms with Gasteiger partial charge >= 0.3 is 0 Å². The zero-order valence-corrected chi connectivity index (χ0v) is 9.98. The second-order valence-corrected chi connectivity index (χ2v) is 3.82. The number of rotatable bonds is 4. The van der Waals surface area contributed by atoms with Gasteiger partial charge in [-0.15, -0.1) is 0 Å². The van der Waals surface area contributed by atoms with Gasteiger partial charge in [0.15, 0.2) is 0 Å². The fourth-order valence-corrected chi connectivity index (χ4v) is 1.81. The molecular formula is C10H14ClNOS. The van der Waals surface area contributed by atoms with E-state index in [1.54, 1.807) is 7.11 Å². The minimum absolute atomic E-state index is 0.702. The molecule has 78 valence electrons. The molecule has 0 aliphatic carbocycles.